The van der Waals surface area contributed by atoms with Crippen molar-refractivity contribution in [2.24, 2.45) is 11.1 Å². The average Bonchev–Trinajstić information content (AvgIpc) is 2.53. The first-order valence-electron chi connectivity index (χ1n) is 7.61. The molecule has 1 saturated carbocycles. The Balaban J connectivity index is 2.11. The van der Waals surface area contributed by atoms with Crippen molar-refractivity contribution < 1.29 is 4.79 Å². The topological polar surface area (TPSA) is 59.2 Å². The van der Waals surface area contributed by atoms with Crippen molar-refractivity contribution in [1.82, 2.24) is 9.88 Å². The van der Waals surface area contributed by atoms with Gasteiger partial charge in [0.25, 0.3) is 0 Å². The monoisotopic (exact) mass is 275 g/mol. The van der Waals surface area contributed by atoms with E-state index in [2.05, 4.69) is 4.98 Å². The van der Waals surface area contributed by atoms with Gasteiger partial charge >= 0.3 is 0 Å². The van der Waals surface area contributed by atoms with Gasteiger partial charge in [-0.3, -0.25) is 9.78 Å². The molecule has 0 aromatic carbocycles. The van der Waals surface area contributed by atoms with Crippen LogP contribution in [-0.2, 0) is 11.3 Å². The van der Waals surface area contributed by atoms with Crippen molar-refractivity contribution in [3.8, 4) is 0 Å². The summed E-state index contributed by atoms with van der Waals surface area (Å²) in [5.74, 6) is 0.216. The summed E-state index contributed by atoms with van der Waals surface area (Å²) in [6.07, 6.45) is 7.09. The number of hydrogen-bond donors (Lipinski definition) is 1. The van der Waals surface area contributed by atoms with E-state index >= 15 is 0 Å². The van der Waals surface area contributed by atoms with E-state index in [1.807, 2.05) is 30.0 Å². The van der Waals surface area contributed by atoms with Crippen LogP contribution in [0.25, 0.3) is 0 Å². The second-order valence-electron chi connectivity index (χ2n) is 5.69. The number of pyridine rings is 1. The van der Waals surface area contributed by atoms with Crippen LogP contribution in [0.15, 0.2) is 24.4 Å². The number of amides is 1. The lowest BCUT2D eigenvalue weighted by Gasteiger charge is -2.38. The molecule has 0 unspecified atom stereocenters. The zero-order valence-electron chi connectivity index (χ0n) is 12.3. The normalized spacial score (nSPS) is 17.7. The standard InChI is InChI=1S/C16H25N3O/c1-2-19(12-14-8-4-7-11-18-14)15(20)16(13-17)9-5-3-6-10-16/h4,7-8,11H,2-3,5-6,9-10,12-13,17H2,1H3. The fourth-order valence-corrected chi connectivity index (χ4v) is 3.08. The largest absolute Gasteiger partial charge is 0.337 e. The summed E-state index contributed by atoms with van der Waals surface area (Å²) in [5, 5.41) is 0. The number of nitrogens with zero attached hydrogens (tertiary/aromatic N) is 2. The summed E-state index contributed by atoms with van der Waals surface area (Å²) >= 11 is 0. The van der Waals surface area contributed by atoms with Crippen LogP contribution < -0.4 is 5.73 Å². The van der Waals surface area contributed by atoms with Gasteiger partial charge in [-0.25, -0.2) is 0 Å². The molecule has 0 atom stereocenters. The molecule has 0 bridgehead atoms. The van der Waals surface area contributed by atoms with E-state index in [1.54, 1.807) is 6.20 Å². The van der Waals surface area contributed by atoms with Gasteiger partial charge in [-0.1, -0.05) is 25.3 Å². The van der Waals surface area contributed by atoms with E-state index in [1.165, 1.54) is 6.42 Å². The van der Waals surface area contributed by atoms with Gasteiger partial charge in [0, 0.05) is 19.3 Å². The van der Waals surface area contributed by atoms with Gasteiger partial charge < -0.3 is 10.6 Å². The zero-order chi connectivity index (χ0) is 14.4. The van der Waals surface area contributed by atoms with Crippen LogP contribution in [0.4, 0.5) is 0 Å². The first kappa shape index (κ1) is 15.0. The Bertz CT molecular complexity index is 427. The highest BCUT2D eigenvalue weighted by molar-refractivity contribution is 5.83. The lowest BCUT2D eigenvalue weighted by molar-refractivity contribution is -0.144. The Kier molecular flexibility index (Phi) is 5.12. The first-order valence-corrected chi connectivity index (χ1v) is 7.61. The average molecular weight is 275 g/mol. The molecule has 2 N–H and O–H groups in total. The van der Waals surface area contributed by atoms with Gasteiger partial charge in [-0.05, 0) is 31.9 Å². The first-order chi connectivity index (χ1) is 9.72. The summed E-state index contributed by atoms with van der Waals surface area (Å²) in [6, 6.07) is 5.82. The summed E-state index contributed by atoms with van der Waals surface area (Å²) < 4.78 is 0. The minimum atomic E-state index is -0.330. The van der Waals surface area contributed by atoms with Crippen molar-refractivity contribution in [2.45, 2.75) is 45.6 Å². The molecule has 20 heavy (non-hydrogen) atoms. The maximum Gasteiger partial charge on any atom is 0.230 e. The third-order valence-electron chi connectivity index (χ3n) is 4.40. The minimum Gasteiger partial charge on any atom is -0.337 e. The molecule has 1 aromatic rings. The van der Waals surface area contributed by atoms with E-state index in [9.17, 15) is 4.79 Å². The molecule has 0 spiro atoms. The number of carbonyl (C=O) groups excluding carboxylic acids is 1. The SMILES string of the molecule is CCN(Cc1ccccn1)C(=O)C1(CN)CCCCC1. The molecular formula is C16H25N3O. The van der Waals surface area contributed by atoms with Crippen molar-refractivity contribution in [1.29, 1.82) is 0 Å². The molecule has 1 heterocycles. The molecule has 0 aliphatic heterocycles. The van der Waals surface area contributed by atoms with Crippen LogP contribution in [0.5, 0.6) is 0 Å². The highest BCUT2D eigenvalue weighted by atomic mass is 16.2. The van der Waals surface area contributed by atoms with Crippen molar-refractivity contribution in [3.05, 3.63) is 30.1 Å². The Morgan fingerprint density at radius 1 is 1.35 bits per heavy atom. The van der Waals surface area contributed by atoms with Gasteiger partial charge in [0.1, 0.15) is 0 Å². The Hall–Kier alpha value is -1.42. The summed E-state index contributed by atoms with van der Waals surface area (Å²) in [7, 11) is 0. The van der Waals surface area contributed by atoms with Gasteiger partial charge in [0.15, 0.2) is 0 Å². The number of rotatable bonds is 5. The molecule has 4 heteroatoms. The summed E-state index contributed by atoms with van der Waals surface area (Å²) in [4.78, 5) is 19.1. The van der Waals surface area contributed by atoms with Crippen molar-refractivity contribution in [2.75, 3.05) is 13.1 Å². The van der Waals surface area contributed by atoms with Crippen LogP contribution in [0.2, 0.25) is 0 Å². The van der Waals surface area contributed by atoms with Crippen molar-refractivity contribution in [3.63, 3.8) is 0 Å². The molecule has 0 radical (unpaired) electrons. The fourth-order valence-electron chi connectivity index (χ4n) is 3.08. The summed E-state index contributed by atoms with van der Waals surface area (Å²) in [6.45, 7) is 3.77. The Morgan fingerprint density at radius 3 is 2.65 bits per heavy atom. The molecular weight excluding hydrogens is 250 g/mol. The van der Waals surface area contributed by atoms with Gasteiger partial charge in [-0.15, -0.1) is 0 Å². The Morgan fingerprint density at radius 2 is 2.10 bits per heavy atom. The fraction of sp³-hybridized carbons (Fsp3) is 0.625. The maximum absolute atomic E-state index is 12.9. The van der Waals surface area contributed by atoms with E-state index in [0.717, 1.165) is 31.4 Å². The molecule has 1 aliphatic carbocycles. The second-order valence-corrected chi connectivity index (χ2v) is 5.69. The predicted molar refractivity (Wildman–Crippen MR) is 79.9 cm³/mol. The summed E-state index contributed by atoms with van der Waals surface area (Å²) in [5.41, 5.74) is 6.57. The van der Waals surface area contributed by atoms with Gasteiger partial charge in [-0.2, -0.15) is 0 Å². The van der Waals surface area contributed by atoms with Crippen molar-refractivity contribution >= 4 is 5.91 Å². The van der Waals surface area contributed by atoms with E-state index in [4.69, 9.17) is 5.73 Å². The lowest BCUT2D eigenvalue weighted by atomic mass is 9.73. The maximum atomic E-state index is 12.9. The quantitative estimate of drug-likeness (QED) is 0.897. The number of hydrogen-bond acceptors (Lipinski definition) is 3. The van der Waals surface area contributed by atoms with Crippen LogP contribution in [0.3, 0.4) is 0 Å². The van der Waals surface area contributed by atoms with Crippen LogP contribution in [-0.4, -0.2) is 28.9 Å². The molecule has 1 aromatic heterocycles. The molecule has 110 valence electrons. The predicted octanol–water partition coefficient (Wildman–Crippen LogP) is 2.34. The number of carbonyl (C=O) groups is 1. The lowest BCUT2D eigenvalue weighted by Crippen LogP contribution is -2.48. The molecule has 4 nitrogen and oxygen atoms in total. The van der Waals surface area contributed by atoms with Gasteiger partial charge in [0.2, 0.25) is 5.91 Å². The molecule has 1 aliphatic rings. The molecule has 0 saturated heterocycles. The highest BCUT2D eigenvalue weighted by Gasteiger charge is 2.40. The smallest absolute Gasteiger partial charge is 0.230 e. The number of aromatic nitrogens is 1. The third kappa shape index (κ3) is 3.18. The van der Waals surface area contributed by atoms with Gasteiger partial charge in [0.05, 0.1) is 17.7 Å². The van der Waals surface area contributed by atoms with E-state index < -0.39 is 0 Å². The number of nitrogens with two attached hydrogens (primary N) is 1. The molecule has 1 fully saturated rings. The third-order valence-corrected chi connectivity index (χ3v) is 4.40. The minimum absolute atomic E-state index is 0.216. The second kappa shape index (κ2) is 6.84. The van der Waals surface area contributed by atoms with Crippen LogP contribution >= 0.6 is 0 Å². The molecule has 2 rings (SSSR count). The molecule has 1 amide bonds. The van der Waals surface area contributed by atoms with Crippen LogP contribution in [0, 0.1) is 5.41 Å². The Labute approximate surface area is 121 Å². The van der Waals surface area contributed by atoms with Crippen LogP contribution in [0.1, 0.15) is 44.7 Å². The van der Waals surface area contributed by atoms with E-state index in [-0.39, 0.29) is 11.3 Å². The zero-order valence-corrected chi connectivity index (χ0v) is 12.3. The van der Waals surface area contributed by atoms with E-state index in [0.29, 0.717) is 19.6 Å². The highest BCUT2D eigenvalue weighted by Crippen LogP contribution is 2.37.